The van der Waals surface area contributed by atoms with Crippen LogP contribution in [0.5, 0.6) is 11.5 Å². The number of hydrogen-bond acceptors (Lipinski definition) is 4. The lowest BCUT2D eigenvalue weighted by atomic mass is 9.98. The fourth-order valence-corrected chi connectivity index (χ4v) is 1.80. The molecule has 0 aliphatic rings. The average molecular weight is 254 g/mol. The van der Waals surface area contributed by atoms with Crippen molar-refractivity contribution in [3.63, 3.8) is 0 Å². The van der Waals surface area contributed by atoms with E-state index in [1.165, 1.54) is 14.2 Å². The zero-order chi connectivity index (χ0) is 13.7. The molecule has 0 bridgehead atoms. The Morgan fingerprint density at radius 2 is 1.83 bits per heavy atom. The van der Waals surface area contributed by atoms with Gasteiger partial charge < -0.3 is 19.3 Å². The zero-order valence-corrected chi connectivity index (χ0v) is 11.0. The van der Waals surface area contributed by atoms with E-state index in [1.54, 1.807) is 26.2 Å². The minimum Gasteiger partial charge on any atom is -0.493 e. The summed E-state index contributed by atoms with van der Waals surface area (Å²) in [6.07, 6.45) is 0. The van der Waals surface area contributed by atoms with Gasteiger partial charge in [0.1, 0.15) is 0 Å². The Morgan fingerprint density at radius 1 is 1.22 bits per heavy atom. The number of aliphatic carboxylic acids is 1. The van der Waals surface area contributed by atoms with E-state index in [1.807, 2.05) is 0 Å². The van der Waals surface area contributed by atoms with Crippen molar-refractivity contribution in [1.29, 1.82) is 0 Å². The first-order valence-corrected chi connectivity index (χ1v) is 5.52. The van der Waals surface area contributed by atoms with Crippen molar-refractivity contribution < 1.29 is 24.1 Å². The van der Waals surface area contributed by atoms with Crippen LogP contribution in [0.25, 0.3) is 0 Å². The Kier molecular flexibility index (Phi) is 4.97. The van der Waals surface area contributed by atoms with Crippen molar-refractivity contribution >= 4 is 5.97 Å². The van der Waals surface area contributed by atoms with Crippen LogP contribution in [0.4, 0.5) is 0 Å². The number of carboxylic acid groups (broad SMARTS) is 1. The molecule has 18 heavy (non-hydrogen) atoms. The minimum atomic E-state index is -0.908. The summed E-state index contributed by atoms with van der Waals surface area (Å²) in [6.45, 7) is 1.98. The molecule has 100 valence electrons. The highest BCUT2D eigenvalue weighted by atomic mass is 16.5. The van der Waals surface area contributed by atoms with Gasteiger partial charge in [-0.05, 0) is 6.92 Å². The molecule has 0 aliphatic carbocycles. The monoisotopic (exact) mass is 254 g/mol. The van der Waals surface area contributed by atoms with Crippen LogP contribution in [-0.4, -0.2) is 32.4 Å². The van der Waals surface area contributed by atoms with E-state index in [0.717, 1.165) is 5.56 Å². The third kappa shape index (κ3) is 2.73. The Morgan fingerprint density at radius 3 is 2.28 bits per heavy atom. The smallest absolute Gasteiger partial charge is 0.310 e. The zero-order valence-electron chi connectivity index (χ0n) is 11.0. The van der Waals surface area contributed by atoms with Crippen LogP contribution in [0.15, 0.2) is 12.1 Å². The molecule has 1 aromatic carbocycles. The van der Waals surface area contributed by atoms with Gasteiger partial charge in [0.2, 0.25) is 0 Å². The highest BCUT2D eigenvalue weighted by molar-refractivity contribution is 5.77. The first-order valence-electron chi connectivity index (χ1n) is 5.52. The van der Waals surface area contributed by atoms with Gasteiger partial charge in [0.25, 0.3) is 0 Å². The van der Waals surface area contributed by atoms with Gasteiger partial charge in [-0.3, -0.25) is 4.79 Å². The third-order valence-electron chi connectivity index (χ3n) is 2.77. The van der Waals surface area contributed by atoms with E-state index in [9.17, 15) is 4.79 Å². The maximum atomic E-state index is 11.1. The molecule has 0 saturated heterocycles. The Labute approximate surface area is 106 Å². The lowest BCUT2D eigenvalue weighted by Crippen LogP contribution is -2.10. The maximum absolute atomic E-state index is 11.1. The number of ether oxygens (including phenoxy) is 3. The molecule has 0 amide bonds. The molecule has 1 unspecified atom stereocenters. The summed E-state index contributed by atoms with van der Waals surface area (Å²) >= 11 is 0. The molecule has 0 spiro atoms. The van der Waals surface area contributed by atoms with Gasteiger partial charge in [-0.2, -0.15) is 0 Å². The van der Waals surface area contributed by atoms with Crippen LogP contribution < -0.4 is 9.47 Å². The number of rotatable bonds is 6. The second kappa shape index (κ2) is 6.26. The molecule has 0 radical (unpaired) electrons. The number of carbonyl (C=O) groups is 1. The van der Waals surface area contributed by atoms with Crippen molar-refractivity contribution in [1.82, 2.24) is 0 Å². The summed E-state index contributed by atoms with van der Waals surface area (Å²) in [7, 11) is 4.60. The highest BCUT2D eigenvalue weighted by Gasteiger charge is 2.22. The molecule has 0 aliphatic heterocycles. The van der Waals surface area contributed by atoms with Crippen LogP contribution in [0.1, 0.15) is 24.0 Å². The number of hydrogen-bond donors (Lipinski definition) is 1. The Balaban J connectivity index is 3.33. The quantitative estimate of drug-likeness (QED) is 0.841. The first-order chi connectivity index (χ1) is 8.56. The van der Waals surface area contributed by atoms with Gasteiger partial charge in [0.05, 0.1) is 26.7 Å². The summed E-state index contributed by atoms with van der Waals surface area (Å²) in [4.78, 5) is 11.1. The van der Waals surface area contributed by atoms with E-state index < -0.39 is 11.9 Å². The fraction of sp³-hybridized carbons (Fsp3) is 0.462. The second-order valence-corrected chi connectivity index (χ2v) is 3.87. The van der Waals surface area contributed by atoms with Crippen LogP contribution in [0.2, 0.25) is 0 Å². The van der Waals surface area contributed by atoms with Gasteiger partial charge in [-0.1, -0.05) is 12.1 Å². The lowest BCUT2D eigenvalue weighted by molar-refractivity contribution is -0.138. The molecule has 0 saturated carbocycles. The summed E-state index contributed by atoms with van der Waals surface area (Å²) < 4.78 is 15.6. The average Bonchev–Trinajstić information content (AvgIpc) is 2.37. The van der Waals surface area contributed by atoms with Gasteiger partial charge in [0.15, 0.2) is 11.5 Å². The third-order valence-corrected chi connectivity index (χ3v) is 2.77. The van der Waals surface area contributed by atoms with Gasteiger partial charge in [-0.25, -0.2) is 0 Å². The SMILES string of the molecule is COCc1ccc(C(C)C(=O)O)c(OC)c1OC. The van der Waals surface area contributed by atoms with Crippen LogP contribution >= 0.6 is 0 Å². The Bertz CT molecular complexity index is 428. The number of carboxylic acids is 1. The molecule has 0 heterocycles. The first kappa shape index (κ1) is 14.3. The van der Waals surface area contributed by atoms with E-state index in [2.05, 4.69) is 0 Å². The second-order valence-electron chi connectivity index (χ2n) is 3.87. The van der Waals surface area contributed by atoms with Crippen LogP contribution in [0, 0.1) is 0 Å². The van der Waals surface area contributed by atoms with E-state index in [-0.39, 0.29) is 0 Å². The summed E-state index contributed by atoms with van der Waals surface area (Å²) in [5, 5.41) is 9.07. The molecule has 1 N–H and O–H groups in total. The van der Waals surface area contributed by atoms with Crippen molar-refractivity contribution in [3.05, 3.63) is 23.3 Å². The predicted molar refractivity (Wildman–Crippen MR) is 66.3 cm³/mol. The molecule has 0 fully saturated rings. The van der Waals surface area contributed by atoms with Crippen LogP contribution in [0.3, 0.4) is 0 Å². The number of benzene rings is 1. The Hall–Kier alpha value is -1.75. The standard InChI is InChI=1S/C13H18O5/c1-8(13(14)15)10-6-5-9(7-16-2)11(17-3)12(10)18-4/h5-6,8H,7H2,1-4H3,(H,14,15). The van der Waals surface area contributed by atoms with Gasteiger partial charge in [0, 0.05) is 18.2 Å². The molecule has 0 aromatic heterocycles. The highest BCUT2D eigenvalue weighted by Crippen LogP contribution is 2.38. The van der Waals surface area contributed by atoms with Gasteiger partial charge in [-0.15, -0.1) is 0 Å². The van der Waals surface area contributed by atoms with Gasteiger partial charge >= 0.3 is 5.97 Å². The summed E-state index contributed by atoms with van der Waals surface area (Å²) in [5.41, 5.74) is 1.40. The predicted octanol–water partition coefficient (Wildman–Crippen LogP) is 2.04. The topological polar surface area (TPSA) is 65.0 Å². The number of methoxy groups -OCH3 is 3. The summed E-state index contributed by atoms with van der Waals surface area (Å²) in [5.74, 6) is -0.604. The van der Waals surface area contributed by atoms with E-state index in [4.69, 9.17) is 19.3 Å². The minimum absolute atomic E-state index is 0.376. The molecular formula is C13H18O5. The normalized spacial score (nSPS) is 12.0. The molecule has 1 rings (SSSR count). The molecule has 1 aromatic rings. The molecule has 5 nitrogen and oxygen atoms in total. The van der Waals surface area contributed by atoms with E-state index in [0.29, 0.717) is 23.7 Å². The van der Waals surface area contributed by atoms with Crippen molar-refractivity contribution in [2.45, 2.75) is 19.4 Å². The summed E-state index contributed by atoms with van der Waals surface area (Å²) in [6, 6.07) is 3.52. The lowest BCUT2D eigenvalue weighted by Gasteiger charge is -2.18. The fourth-order valence-electron chi connectivity index (χ4n) is 1.80. The van der Waals surface area contributed by atoms with Crippen molar-refractivity contribution in [2.24, 2.45) is 0 Å². The largest absolute Gasteiger partial charge is 0.493 e. The molecule has 5 heteroatoms. The van der Waals surface area contributed by atoms with Crippen molar-refractivity contribution in [2.75, 3.05) is 21.3 Å². The van der Waals surface area contributed by atoms with E-state index >= 15 is 0 Å². The molecular weight excluding hydrogens is 236 g/mol. The van der Waals surface area contributed by atoms with Crippen molar-refractivity contribution in [3.8, 4) is 11.5 Å². The van der Waals surface area contributed by atoms with Crippen LogP contribution in [-0.2, 0) is 16.1 Å². The molecule has 1 atom stereocenters. The maximum Gasteiger partial charge on any atom is 0.310 e.